The Morgan fingerprint density at radius 2 is 1.80 bits per heavy atom. The number of hydrogen-bond donors (Lipinski definition) is 1. The van der Waals surface area contributed by atoms with Crippen molar-refractivity contribution in [3.05, 3.63) is 75.1 Å². The lowest BCUT2D eigenvalue weighted by Crippen LogP contribution is -2.15. The van der Waals surface area contributed by atoms with Crippen LogP contribution in [0.5, 0.6) is 5.75 Å². The van der Waals surface area contributed by atoms with E-state index in [-0.39, 0.29) is 5.39 Å². The van der Waals surface area contributed by atoms with E-state index in [1.165, 1.54) is 0 Å². The second-order valence-electron chi connectivity index (χ2n) is 4.25. The third-order valence-corrected chi connectivity index (χ3v) is 2.89. The molecule has 1 aromatic heterocycles. The maximum absolute atomic E-state index is 11.8. The second-order valence-corrected chi connectivity index (χ2v) is 4.25. The molecule has 0 amide bonds. The normalized spacial score (nSPS) is 10.6. The molecule has 1 heterocycles. The zero-order valence-corrected chi connectivity index (χ0v) is 10.5. The van der Waals surface area contributed by atoms with Crippen molar-refractivity contribution in [1.29, 1.82) is 0 Å². The molecule has 0 fully saturated rings. The highest BCUT2D eigenvalue weighted by atomic mass is 16.5. The number of aromatic nitrogens is 1. The topological polar surface area (TPSA) is 72.3 Å². The number of aromatic amines is 1. The van der Waals surface area contributed by atoms with Crippen LogP contribution in [0.25, 0.3) is 10.9 Å². The summed E-state index contributed by atoms with van der Waals surface area (Å²) in [5.41, 5.74) is 0.683. The van der Waals surface area contributed by atoms with Gasteiger partial charge in [0, 0.05) is 0 Å². The van der Waals surface area contributed by atoms with Gasteiger partial charge in [-0.3, -0.25) is 4.98 Å². The lowest BCUT2D eigenvalue weighted by Gasteiger charge is -2.07. The van der Waals surface area contributed by atoms with Crippen molar-refractivity contribution < 1.29 is 9.15 Å². The standard InChI is InChI=1S/C15H11NO4/c17-14-13-11(16-15(18)20-14)7-4-8-12(13)19-9-10-5-2-1-3-6-10/h1-8H,9H2,(H,16,18). The Hall–Kier alpha value is -2.82. The van der Waals surface area contributed by atoms with Crippen LogP contribution in [0.3, 0.4) is 0 Å². The summed E-state index contributed by atoms with van der Waals surface area (Å²) >= 11 is 0. The molecule has 0 atom stereocenters. The fraction of sp³-hybridized carbons (Fsp3) is 0.0667. The summed E-state index contributed by atoms with van der Waals surface area (Å²) in [6.07, 6.45) is 0. The Kier molecular flexibility index (Phi) is 3.09. The molecule has 0 aliphatic heterocycles. The minimum atomic E-state index is -0.775. The lowest BCUT2D eigenvalue weighted by molar-refractivity contribution is 0.308. The van der Waals surface area contributed by atoms with Gasteiger partial charge in [0.25, 0.3) is 0 Å². The molecule has 3 aromatic rings. The molecular formula is C15H11NO4. The number of hydrogen-bond acceptors (Lipinski definition) is 4. The van der Waals surface area contributed by atoms with E-state index in [4.69, 9.17) is 4.74 Å². The van der Waals surface area contributed by atoms with E-state index in [0.29, 0.717) is 17.9 Å². The Labute approximate surface area is 113 Å². The van der Waals surface area contributed by atoms with E-state index in [9.17, 15) is 9.59 Å². The molecular weight excluding hydrogens is 258 g/mol. The zero-order chi connectivity index (χ0) is 13.9. The maximum atomic E-state index is 11.8. The van der Waals surface area contributed by atoms with Crippen molar-refractivity contribution in [2.45, 2.75) is 6.61 Å². The molecule has 0 bridgehead atoms. The molecule has 2 aromatic carbocycles. The predicted molar refractivity (Wildman–Crippen MR) is 73.9 cm³/mol. The van der Waals surface area contributed by atoms with Gasteiger partial charge >= 0.3 is 11.4 Å². The monoisotopic (exact) mass is 269 g/mol. The van der Waals surface area contributed by atoms with Gasteiger partial charge in [0.1, 0.15) is 17.7 Å². The Bertz CT molecular complexity index is 849. The molecule has 5 heteroatoms. The summed E-state index contributed by atoms with van der Waals surface area (Å²) in [4.78, 5) is 25.4. The summed E-state index contributed by atoms with van der Waals surface area (Å²) < 4.78 is 10.2. The van der Waals surface area contributed by atoms with Crippen molar-refractivity contribution in [3.63, 3.8) is 0 Å². The number of nitrogens with one attached hydrogen (secondary N) is 1. The Morgan fingerprint density at radius 1 is 1.00 bits per heavy atom. The molecule has 100 valence electrons. The number of fused-ring (bicyclic) bond motifs is 1. The van der Waals surface area contributed by atoms with Crippen LogP contribution >= 0.6 is 0 Å². The van der Waals surface area contributed by atoms with Crippen LogP contribution in [0.2, 0.25) is 0 Å². The molecule has 0 unspecified atom stereocenters. The van der Waals surface area contributed by atoms with Crippen LogP contribution in [0.1, 0.15) is 5.56 Å². The van der Waals surface area contributed by atoms with E-state index in [1.54, 1.807) is 18.2 Å². The highest BCUT2D eigenvalue weighted by Crippen LogP contribution is 2.21. The summed E-state index contributed by atoms with van der Waals surface area (Å²) in [7, 11) is 0. The number of ether oxygens (including phenoxy) is 1. The van der Waals surface area contributed by atoms with Gasteiger partial charge in [-0.25, -0.2) is 9.59 Å². The Balaban J connectivity index is 2.00. The quantitative estimate of drug-likeness (QED) is 0.790. The molecule has 0 saturated carbocycles. The highest BCUT2D eigenvalue weighted by molar-refractivity contribution is 5.83. The highest BCUT2D eigenvalue weighted by Gasteiger charge is 2.09. The van der Waals surface area contributed by atoms with Gasteiger partial charge in [0.2, 0.25) is 0 Å². The average molecular weight is 269 g/mol. The van der Waals surface area contributed by atoms with E-state index < -0.39 is 11.4 Å². The third-order valence-electron chi connectivity index (χ3n) is 2.89. The van der Waals surface area contributed by atoms with Gasteiger partial charge in [0.15, 0.2) is 0 Å². The summed E-state index contributed by atoms with van der Waals surface area (Å²) in [6, 6.07) is 14.6. The molecule has 20 heavy (non-hydrogen) atoms. The average Bonchev–Trinajstić information content (AvgIpc) is 2.45. The third kappa shape index (κ3) is 2.33. The summed E-state index contributed by atoms with van der Waals surface area (Å²) in [5, 5.41) is 0.239. The summed E-state index contributed by atoms with van der Waals surface area (Å²) in [6.45, 7) is 0.332. The van der Waals surface area contributed by atoms with Gasteiger partial charge < -0.3 is 9.15 Å². The van der Waals surface area contributed by atoms with Gasteiger partial charge in [0.05, 0.1) is 5.52 Å². The molecule has 0 spiro atoms. The number of rotatable bonds is 3. The van der Waals surface area contributed by atoms with Gasteiger partial charge in [-0.1, -0.05) is 36.4 Å². The van der Waals surface area contributed by atoms with E-state index >= 15 is 0 Å². The Morgan fingerprint density at radius 3 is 2.60 bits per heavy atom. The molecule has 0 aliphatic carbocycles. The summed E-state index contributed by atoms with van der Waals surface area (Å²) in [5.74, 6) is -0.390. The van der Waals surface area contributed by atoms with Gasteiger partial charge in [-0.05, 0) is 17.7 Å². The van der Waals surface area contributed by atoms with Crippen LogP contribution < -0.4 is 16.1 Å². The predicted octanol–water partition coefficient (Wildman–Crippen LogP) is 2.06. The first-order valence-electron chi connectivity index (χ1n) is 6.07. The zero-order valence-electron chi connectivity index (χ0n) is 10.5. The largest absolute Gasteiger partial charge is 0.488 e. The van der Waals surface area contributed by atoms with Crippen molar-refractivity contribution in [3.8, 4) is 5.75 Å². The molecule has 0 saturated heterocycles. The maximum Gasteiger partial charge on any atom is 0.419 e. The SMILES string of the molecule is O=c1[nH]c2cccc(OCc3ccccc3)c2c(=O)o1. The van der Waals surface area contributed by atoms with Crippen molar-refractivity contribution in [2.75, 3.05) is 0 Å². The number of benzene rings is 2. The van der Waals surface area contributed by atoms with E-state index in [0.717, 1.165) is 5.56 Å². The van der Waals surface area contributed by atoms with Gasteiger partial charge in [-0.15, -0.1) is 0 Å². The molecule has 0 aliphatic rings. The van der Waals surface area contributed by atoms with Gasteiger partial charge in [-0.2, -0.15) is 0 Å². The van der Waals surface area contributed by atoms with E-state index in [1.807, 2.05) is 30.3 Å². The van der Waals surface area contributed by atoms with Crippen LogP contribution in [0.4, 0.5) is 0 Å². The van der Waals surface area contributed by atoms with Crippen LogP contribution in [-0.2, 0) is 6.61 Å². The van der Waals surface area contributed by atoms with Crippen molar-refractivity contribution in [1.82, 2.24) is 4.98 Å². The molecule has 5 nitrogen and oxygen atoms in total. The second kappa shape index (κ2) is 5.05. The smallest absolute Gasteiger partial charge is 0.419 e. The van der Waals surface area contributed by atoms with Crippen molar-refractivity contribution >= 4 is 10.9 Å². The minimum absolute atomic E-state index is 0.239. The molecule has 3 rings (SSSR count). The van der Waals surface area contributed by atoms with Crippen LogP contribution in [-0.4, -0.2) is 4.98 Å². The first-order valence-corrected chi connectivity index (χ1v) is 6.07. The minimum Gasteiger partial charge on any atom is -0.488 e. The molecule has 0 radical (unpaired) electrons. The van der Waals surface area contributed by atoms with Crippen molar-refractivity contribution in [2.24, 2.45) is 0 Å². The first-order chi connectivity index (χ1) is 9.74. The van der Waals surface area contributed by atoms with E-state index in [2.05, 4.69) is 9.40 Å². The number of H-pyrrole nitrogens is 1. The molecule has 1 N–H and O–H groups in total. The van der Waals surface area contributed by atoms with Crippen LogP contribution in [0.15, 0.2) is 62.5 Å². The fourth-order valence-corrected chi connectivity index (χ4v) is 1.97. The first kappa shape index (κ1) is 12.2. The fourth-order valence-electron chi connectivity index (χ4n) is 1.97. The van der Waals surface area contributed by atoms with Crippen LogP contribution in [0, 0.1) is 0 Å². The lowest BCUT2D eigenvalue weighted by atomic mass is 10.2.